The summed E-state index contributed by atoms with van der Waals surface area (Å²) < 4.78 is 0. The average molecular weight is 629 g/mol. The summed E-state index contributed by atoms with van der Waals surface area (Å²) in [6.45, 7) is -2.05. The van der Waals surface area contributed by atoms with Gasteiger partial charge in [0.05, 0.1) is 0 Å². The predicted octanol–water partition coefficient (Wildman–Crippen LogP) is 11.3. The molecule has 0 aliphatic heterocycles. The zero-order chi connectivity index (χ0) is 32.1. The summed E-state index contributed by atoms with van der Waals surface area (Å²) in [7, 11) is 0. The lowest BCUT2D eigenvalue weighted by Crippen LogP contribution is -2.25. The first-order chi connectivity index (χ1) is 23.7. The molecule has 0 fully saturated rings. The van der Waals surface area contributed by atoms with E-state index < -0.39 is 6.89 Å². The summed E-state index contributed by atoms with van der Waals surface area (Å²) >= 11 is 0. The van der Waals surface area contributed by atoms with Crippen molar-refractivity contribution in [3.8, 4) is 33.4 Å². The van der Waals surface area contributed by atoms with Crippen LogP contribution in [0.3, 0.4) is 0 Å². The Kier molecular flexibility index (Phi) is 6.86. The Morgan fingerprint density at radius 3 is 1.44 bits per heavy atom. The van der Waals surface area contributed by atoms with Crippen molar-refractivity contribution in [3.05, 3.63) is 188 Å². The maximum absolute atomic E-state index is 4.96. The topological polar surface area (TPSA) is 0 Å². The second-order valence-electron chi connectivity index (χ2n) is 12.7. The van der Waals surface area contributed by atoms with Crippen LogP contribution in [0.1, 0.15) is 0 Å². The van der Waals surface area contributed by atoms with Crippen LogP contribution in [0, 0.1) is 0 Å². The van der Waals surface area contributed by atoms with E-state index in [-0.39, 0.29) is 0 Å². The van der Waals surface area contributed by atoms with Gasteiger partial charge in [0, 0.05) is 0 Å². The molecule has 0 aliphatic rings. The van der Waals surface area contributed by atoms with E-state index in [1.165, 1.54) is 81.6 Å². The molecule has 1 heteroatoms. The molecule has 0 atom stereocenters. The summed E-state index contributed by atoms with van der Waals surface area (Å²) in [4.78, 5) is 0. The van der Waals surface area contributed by atoms with Gasteiger partial charge in [0.15, 0.2) is 0 Å². The van der Waals surface area contributed by atoms with Crippen molar-refractivity contribution >= 4 is 61.4 Å². The fourth-order valence-corrected chi connectivity index (χ4v) is 10.4. The molecular formula is C47H33P. The van der Waals surface area contributed by atoms with E-state index in [4.69, 9.17) is 6.30 Å². The third-order valence-electron chi connectivity index (χ3n) is 9.93. The molecule has 0 aromatic heterocycles. The Labute approximate surface area is 281 Å². The molecule has 9 rings (SSSR count). The van der Waals surface area contributed by atoms with Gasteiger partial charge in [0.1, 0.15) is 0 Å². The Morgan fingerprint density at radius 1 is 0.312 bits per heavy atom. The maximum Gasteiger partial charge on any atom is -0.00206 e. The fraction of sp³-hybridized carbons (Fsp3) is 0. The third kappa shape index (κ3) is 4.69. The van der Waals surface area contributed by atoms with Gasteiger partial charge < -0.3 is 0 Å². The second kappa shape index (κ2) is 11.5. The van der Waals surface area contributed by atoms with E-state index in [9.17, 15) is 0 Å². The van der Waals surface area contributed by atoms with E-state index in [1.807, 2.05) is 0 Å². The molecule has 0 N–H and O–H groups in total. The lowest BCUT2D eigenvalue weighted by Gasteiger charge is -2.27. The molecule has 0 bridgehead atoms. The van der Waals surface area contributed by atoms with Gasteiger partial charge in [0.25, 0.3) is 0 Å². The fourth-order valence-electron chi connectivity index (χ4n) is 7.44. The van der Waals surface area contributed by atoms with Gasteiger partial charge in [-0.1, -0.05) is 182 Å². The van der Waals surface area contributed by atoms with Gasteiger partial charge in [0.2, 0.25) is 0 Å². The minimum atomic E-state index is -2.05. The molecule has 0 nitrogen and oxygen atoms in total. The summed E-state index contributed by atoms with van der Waals surface area (Å²) in [5.41, 5.74) is 7.35. The van der Waals surface area contributed by atoms with E-state index in [2.05, 4.69) is 188 Å². The van der Waals surface area contributed by atoms with E-state index in [1.54, 1.807) is 0 Å². The molecule has 0 aliphatic carbocycles. The molecule has 0 amide bonds. The number of hydrogen-bond donors (Lipinski definition) is 0. The van der Waals surface area contributed by atoms with Crippen LogP contribution in [0.4, 0.5) is 0 Å². The Bertz CT molecular complexity index is 2560. The smallest absolute Gasteiger partial charge is 0.00206 e. The molecule has 0 unspecified atom stereocenters. The summed E-state index contributed by atoms with van der Waals surface area (Å²) in [6, 6.07) is 68.8. The highest BCUT2D eigenvalue weighted by Crippen LogP contribution is 2.43. The van der Waals surface area contributed by atoms with Crippen molar-refractivity contribution in [3.63, 3.8) is 0 Å². The van der Waals surface area contributed by atoms with Crippen LogP contribution >= 0.6 is 6.89 Å². The molecule has 9 aromatic rings. The van der Waals surface area contributed by atoms with E-state index in [0.29, 0.717) is 0 Å². The molecule has 9 aromatic carbocycles. The van der Waals surface area contributed by atoms with Gasteiger partial charge in [-0.25, -0.2) is 0 Å². The van der Waals surface area contributed by atoms with Crippen molar-refractivity contribution in [1.29, 1.82) is 0 Å². The second-order valence-corrected chi connectivity index (χ2v) is 15.8. The number of benzene rings is 9. The van der Waals surface area contributed by atoms with E-state index >= 15 is 0 Å². The van der Waals surface area contributed by atoms with Crippen molar-refractivity contribution in [2.24, 2.45) is 0 Å². The minimum absolute atomic E-state index is 1.20. The van der Waals surface area contributed by atoms with Gasteiger partial charge in [-0.3, -0.25) is 0 Å². The highest BCUT2D eigenvalue weighted by atomic mass is 31.2. The van der Waals surface area contributed by atoms with Crippen LogP contribution in [-0.2, 0) is 0 Å². The van der Waals surface area contributed by atoms with Crippen LogP contribution in [0.25, 0.3) is 65.7 Å². The van der Waals surface area contributed by atoms with Crippen molar-refractivity contribution in [2.45, 2.75) is 0 Å². The lowest BCUT2D eigenvalue weighted by molar-refractivity contribution is 1.59. The predicted molar refractivity (Wildman–Crippen MR) is 212 cm³/mol. The molecule has 48 heavy (non-hydrogen) atoms. The monoisotopic (exact) mass is 628 g/mol. The van der Waals surface area contributed by atoms with Crippen molar-refractivity contribution in [2.75, 3.05) is 0 Å². The van der Waals surface area contributed by atoms with Crippen molar-refractivity contribution in [1.82, 2.24) is 0 Å². The van der Waals surface area contributed by atoms with Crippen molar-refractivity contribution < 1.29 is 0 Å². The Balaban J connectivity index is 1.08. The first-order valence-electron chi connectivity index (χ1n) is 16.5. The largest absolute Gasteiger partial charge is 0.0887 e. The zero-order valence-corrected chi connectivity index (χ0v) is 27.4. The molecular weight excluding hydrogens is 595 g/mol. The van der Waals surface area contributed by atoms with Crippen LogP contribution in [0.2, 0.25) is 0 Å². The minimum Gasteiger partial charge on any atom is -0.0887 e. The molecule has 0 spiro atoms. The molecule has 0 saturated carbocycles. The quantitative estimate of drug-likeness (QED) is 0.127. The van der Waals surface area contributed by atoms with Gasteiger partial charge >= 0.3 is 0 Å². The Morgan fingerprint density at radius 2 is 0.792 bits per heavy atom. The molecule has 0 saturated heterocycles. The van der Waals surface area contributed by atoms with Crippen LogP contribution in [0.15, 0.2) is 188 Å². The first kappa shape index (κ1) is 28.5. The molecule has 0 heterocycles. The Hall–Kier alpha value is -5.68. The standard InChI is InChI=1S/C47H33P/c1-48(41-16-4-2-5-17-41,42-18-6-3-7-19-42)43-20-10-14-39(32-43)34-23-21-33(22-24-34)38-13-9-15-40(31-38)44-29-27-37-26-25-35-11-8-12-36-28-30-45(44)47(37)46(35)36/h2-32H,1H2. The highest BCUT2D eigenvalue weighted by molar-refractivity contribution is 7.93. The third-order valence-corrected chi connectivity index (χ3v) is 13.5. The van der Waals surface area contributed by atoms with Gasteiger partial charge in [-0.05, 0) is 101 Å². The summed E-state index contributed by atoms with van der Waals surface area (Å²) in [6.07, 6.45) is 4.96. The van der Waals surface area contributed by atoms with E-state index in [0.717, 1.165) is 0 Å². The van der Waals surface area contributed by atoms with Crippen LogP contribution in [-0.4, -0.2) is 6.30 Å². The molecule has 0 radical (unpaired) electrons. The molecule has 226 valence electrons. The highest BCUT2D eigenvalue weighted by Gasteiger charge is 2.22. The zero-order valence-electron chi connectivity index (χ0n) is 26.6. The maximum atomic E-state index is 4.96. The first-order valence-corrected chi connectivity index (χ1v) is 18.5. The van der Waals surface area contributed by atoms with Crippen LogP contribution in [0.5, 0.6) is 0 Å². The van der Waals surface area contributed by atoms with Gasteiger partial charge in [-0.2, -0.15) is 0 Å². The van der Waals surface area contributed by atoms with Gasteiger partial charge in [-0.15, -0.1) is 0 Å². The lowest BCUT2D eigenvalue weighted by atomic mass is 9.89. The van der Waals surface area contributed by atoms with Crippen LogP contribution < -0.4 is 15.9 Å². The summed E-state index contributed by atoms with van der Waals surface area (Å²) in [5, 5.41) is 11.8. The average Bonchev–Trinajstić information content (AvgIpc) is 3.17. The normalized spacial score (nSPS) is 11.8. The number of rotatable bonds is 6. The SMILES string of the molecule is C=P(c1ccccc1)(c1ccccc1)c1cccc(-c2ccc(-c3cccc(-c4ccc5ccc6cccc7ccc4c5c67)c3)cc2)c1. The number of hydrogen-bond acceptors (Lipinski definition) is 0. The summed E-state index contributed by atoms with van der Waals surface area (Å²) in [5.74, 6) is 0.